The van der Waals surface area contributed by atoms with Crippen LogP contribution in [0.15, 0.2) is 23.1 Å². The highest BCUT2D eigenvalue weighted by atomic mass is 19.4. The normalized spacial score (nSPS) is 19.9. The molecule has 0 bridgehead atoms. The first-order valence-electron chi connectivity index (χ1n) is 7.02. The first-order chi connectivity index (χ1) is 10.3. The Morgan fingerprint density at radius 2 is 2.18 bits per heavy atom. The fourth-order valence-corrected chi connectivity index (χ4v) is 2.59. The van der Waals surface area contributed by atoms with Crippen LogP contribution in [0.25, 0.3) is 0 Å². The van der Waals surface area contributed by atoms with Crippen molar-refractivity contribution >= 4 is 11.6 Å². The fourth-order valence-electron chi connectivity index (χ4n) is 2.59. The average molecular weight is 317 g/mol. The minimum absolute atomic E-state index is 0.0541. The second kappa shape index (κ2) is 6.51. The van der Waals surface area contributed by atoms with E-state index in [1.807, 2.05) is 0 Å². The van der Waals surface area contributed by atoms with E-state index in [1.165, 1.54) is 15.5 Å². The molecular weight excluding hydrogens is 299 g/mol. The average Bonchev–Trinajstić information content (AvgIpc) is 2.42. The topological polar surface area (TPSA) is 54.3 Å². The number of carbonyl (C=O) groups is 1. The molecule has 1 aromatic heterocycles. The molecule has 1 fully saturated rings. The van der Waals surface area contributed by atoms with Gasteiger partial charge in [0.25, 0.3) is 5.56 Å². The molecule has 0 saturated carbocycles. The number of hydrogen-bond donors (Lipinski definition) is 1. The number of halogens is 3. The number of alkyl halides is 3. The molecule has 2 heterocycles. The lowest BCUT2D eigenvalue weighted by molar-refractivity contribution is -0.151. The van der Waals surface area contributed by atoms with Crippen LogP contribution in [0.2, 0.25) is 0 Å². The van der Waals surface area contributed by atoms with Gasteiger partial charge >= 0.3 is 6.18 Å². The van der Waals surface area contributed by atoms with Crippen molar-refractivity contribution in [1.82, 2.24) is 9.47 Å². The van der Waals surface area contributed by atoms with Gasteiger partial charge in [-0.25, -0.2) is 0 Å². The van der Waals surface area contributed by atoms with Crippen LogP contribution in [0.4, 0.5) is 18.9 Å². The SMILES string of the molecule is Cn1cccc(NC(=O)C2CCCN(CC(F)(F)F)C2)c1=O. The lowest BCUT2D eigenvalue weighted by atomic mass is 9.97. The van der Waals surface area contributed by atoms with E-state index in [2.05, 4.69) is 5.32 Å². The Hall–Kier alpha value is -1.83. The summed E-state index contributed by atoms with van der Waals surface area (Å²) in [6.45, 7) is -0.626. The van der Waals surface area contributed by atoms with E-state index in [-0.39, 0.29) is 17.8 Å². The molecule has 5 nitrogen and oxygen atoms in total. The highest BCUT2D eigenvalue weighted by molar-refractivity contribution is 5.92. The molecule has 1 aliphatic heterocycles. The molecular formula is C14H18F3N3O2. The highest BCUT2D eigenvalue weighted by Gasteiger charge is 2.34. The maximum absolute atomic E-state index is 12.4. The Kier molecular flexibility index (Phi) is 4.90. The van der Waals surface area contributed by atoms with E-state index >= 15 is 0 Å². The Morgan fingerprint density at radius 1 is 1.45 bits per heavy atom. The molecule has 2 rings (SSSR count). The molecule has 1 unspecified atom stereocenters. The summed E-state index contributed by atoms with van der Waals surface area (Å²) >= 11 is 0. The summed E-state index contributed by atoms with van der Waals surface area (Å²) in [5.74, 6) is -0.948. The summed E-state index contributed by atoms with van der Waals surface area (Å²) in [4.78, 5) is 25.2. The van der Waals surface area contributed by atoms with Crippen LogP contribution < -0.4 is 10.9 Å². The largest absolute Gasteiger partial charge is 0.401 e. The van der Waals surface area contributed by atoms with E-state index in [9.17, 15) is 22.8 Å². The minimum Gasteiger partial charge on any atom is -0.321 e. The highest BCUT2D eigenvalue weighted by Crippen LogP contribution is 2.23. The van der Waals surface area contributed by atoms with Gasteiger partial charge in [0, 0.05) is 19.8 Å². The molecule has 0 radical (unpaired) electrons. The van der Waals surface area contributed by atoms with Crippen molar-refractivity contribution in [2.45, 2.75) is 19.0 Å². The van der Waals surface area contributed by atoms with Gasteiger partial charge in [-0.3, -0.25) is 14.5 Å². The summed E-state index contributed by atoms with van der Waals surface area (Å²) in [6, 6.07) is 3.10. The van der Waals surface area contributed by atoms with Crippen molar-refractivity contribution in [2.75, 3.05) is 25.0 Å². The van der Waals surface area contributed by atoms with Gasteiger partial charge in [0.05, 0.1) is 12.5 Å². The van der Waals surface area contributed by atoms with Crippen molar-refractivity contribution in [1.29, 1.82) is 0 Å². The number of aryl methyl sites for hydroxylation is 1. The second-order valence-corrected chi connectivity index (χ2v) is 5.52. The fraction of sp³-hybridized carbons (Fsp3) is 0.571. The zero-order chi connectivity index (χ0) is 16.3. The first-order valence-corrected chi connectivity index (χ1v) is 7.02. The van der Waals surface area contributed by atoms with Gasteiger partial charge in [0.2, 0.25) is 5.91 Å². The van der Waals surface area contributed by atoms with Crippen molar-refractivity contribution in [2.24, 2.45) is 13.0 Å². The van der Waals surface area contributed by atoms with Gasteiger partial charge in [-0.2, -0.15) is 13.2 Å². The number of piperidine rings is 1. The molecule has 122 valence electrons. The van der Waals surface area contributed by atoms with Crippen LogP contribution in [-0.4, -0.2) is 41.2 Å². The maximum atomic E-state index is 12.4. The molecule has 0 aliphatic carbocycles. The predicted octanol–water partition coefficient (Wildman–Crippen LogP) is 1.60. The zero-order valence-electron chi connectivity index (χ0n) is 12.2. The Balaban J connectivity index is 2.00. The molecule has 0 spiro atoms. The van der Waals surface area contributed by atoms with Gasteiger partial charge in [0.1, 0.15) is 5.69 Å². The van der Waals surface area contributed by atoms with Gasteiger partial charge in [-0.1, -0.05) is 0 Å². The number of anilines is 1. The number of hydrogen-bond acceptors (Lipinski definition) is 3. The monoisotopic (exact) mass is 317 g/mol. The minimum atomic E-state index is -4.27. The summed E-state index contributed by atoms with van der Waals surface area (Å²) < 4.78 is 38.6. The summed E-state index contributed by atoms with van der Waals surface area (Å²) in [5.41, 5.74) is -0.207. The number of rotatable bonds is 3. The predicted molar refractivity (Wildman–Crippen MR) is 75.5 cm³/mol. The molecule has 1 N–H and O–H groups in total. The summed E-state index contributed by atoms with van der Waals surface area (Å²) in [6.07, 6.45) is -1.66. The number of amides is 1. The smallest absolute Gasteiger partial charge is 0.321 e. The molecule has 1 amide bonds. The molecule has 1 atom stereocenters. The van der Waals surface area contributed by atoms with Gasteiger partial charge < -0.3 is 9.88 Å². The maximum Gasteiger partial charge on any atom is 0.401 e. The third-order valence-electron chi connectivity index (χ3n) is 3.66. The summed E-state index contributed by atoms with van der Waals surface area (Å²) in [7, 11) is 1.56. The van der Waals surface area contributed by atoms with Crippen LogP contribution in [-0.2, 0) is 11.8 Å². The lowest BCUT2D eigenvalue weighted by Crippen LogP contribution is -2.44. The van der Waals surface area contributed by atoms with E-state index in [0.29, 0.717) is 19.4 Å². The molecule has 0 aromatic carbocycles. The number of carbonyl (C=O) groups excluding carboxylic acids is 1. The third-order valence-corrected chi connectivity index (χ3v) is 3.66. The van der Waals surface area contributed by atoms with Gasteiger partial charge in [-0.15, -0.1) is 0 Å². The van der Waals surface area contributed by atoms with Crippen LogP contribution in [0.3, 0.4) is 0 Å². The van der Waals surface area contributed by atoms with Crippen LogP contribution >= 0.6 is 0 Å². The second-order valence-electron chi connectivity index (χ2n) is 5.52. The number of aromatic nitrogens is 1. The van der Waals surface area contributed by atoms with Crippen LogP contribution in [0.1, 0.15) is 12.8 Å². The zero-order valence-corrected chi connectivity index (χ0v) is 12.2. The van der Waals surface area contributed by atoms with Crippen LogP contribution in [0.5, 0.6) is 0 Å². The van der Waals surface area contributed by atoms with E-state index in [0.717, 1.165) is 0 Å². The van der Waals surface area contributed by atoms with E-state index < -0.39 is 24.5 Å². The van der Waals surface area contributed by atoms with Gasteiger partial charge in [0.15, 0.2) is 0 Å². The van der Waals surface area contributed by atoms with Crippen LogP contribution in [0, 0.1) is 5.92 Å². The van der Waals surface area contributed by atoms with Crippen molar-refractivity contribution in [3.05, 3.63) is 28.7 Å². The van der Waals surface area contributed by atoms with E-state index in [4.69, 9.17) is 0 Å². The molecule has 1 aromatic rings. The van der Waals surface area contributed by atoms with E-state index in [1.54, 1.807) is 19.3 Å². The molecule has 1 aliphatic rings. The standard InChI is InChI=1S/C14H18F3N3O2/c1-19-6-3-5-11(13(19)22)18-12(21)10-4-2-7-20(8-10)9-14(15,16)17/h3,5-6,10H,2,4,7-9H2,1H3,(H,18,21). The Morgan fingerprint density at radius 3 is 2.86 bits per heavy atom. The Bertz CT molecular complexity index is 598. The third kappa shape index (κ3) is 4.33. The number of nitrogens with one attached hydrogen (secondary N) is 1. The number of pyridine rings is 1. The van der Waals surface area contributed by atoms with Crippen molar-refractivity contribution in [3.63, 3.8) is 0 Å². The van der Waals surface area contributed by atoms with Crippen molar-refractivity contribution in [3.8, 4) is 0 Å². The quantitative estimate of drug-likeness (QED) is 0.921. The number of likely N-dealkylation sites (tertiary alicyclic amines) is 1. The lowest BCUT2D eigenvalue weighted by Gasteiger charge is -2.32. The molecule has 1 saturated heterocycles. The van der Waals surface area contributed by atoms with Crippen molar-refractivity contribution < 1.29 is 18.0 Å². The molecule has 8 heteroatoms. The summed E-state index contributed by atoms with van der Waals surface area (Å²) in [5, 5.41) is 2.52. The first kappa shape index (κ1) is 16.5. The van der Waals surface area contributed by atoms with Gasteiger partial charge in [-0.05, 0) is 31.5 Å². The number of nitrogens with zero attached hydrogens (tertiary/aromatic N) is 2. The Labute approximate surface area is 125 Å². The molecule has 22 heavy (non-hydrogen) atoms.